The van der Waals surface area contributed by atoms with Crippen molar-refractivity contribution in [3.05, 3.63) is 23.0 Å². The second kappa shape index (κ2) is 9.19. The molecule has 1 heterocycles. The van der Waals surface area contributed by atoms with Gasteiger partial charge in [-0.3, -0.25) is 0 Å². The van der Waals surface area contributed by atoms with Crippen LogP contribution in [0.5, 0.6) is 0 Å². The first kappa shape index (κ1) is 17.3. The van der Waals surface area contributed by atoms with Gasteiger partial charge in [-0.05, 0) is 25.7 Å². The maximum Gasteiger partial charge on any atom is 0.301 e. The van der Waals surface area contributed by atoms with E-state index in [1.165, 1.54) is 42.4 Å². The second-order valence-electron chi connectivity index (χ2n) is 4.89. The highest BCUT2D eigenvalue weighted by molar-refractivity contribution is 8.01. The van der Waals surface area contributed by atoms with Gasteiger partial charge in [0, 0.05) is 18.4 Å². The molecule has 0 atom stereocenters. The minimum absolute atomic E-state index is 0.206. The Bertz CT molecular complexity index is 524. The van der Waals surface area contributed by atoms with Crippen molar-refractivity contribution in [1.29, 1.82) is 0 Å². The van der Waals surface area contributed by atoms with E-state index in [9.17, 15) is 13.2 Å². The van der Waals surface area contributed by atoms with Gasteiger partial charge in [0.25, 0.3) is 0 Å². The summed E-state index contributed by atoms with van der Waals surface area (Å²) < 4.78 is 37.1. The van der Waals surface area contributed by atoms with E-state index >= 15 is 0 Å². The summed E-state index contributed by atoms with van der Waals surface area (Å²) in [5.74, 6) is -1.13. The van der Waals surface area contributed by atoms with Crippen LogP contribution in [0, 0.1) is 0 Å². The van der Waals surface area contributed by atoms with Gasteiger partial charge in [-0.25, -0.2) is 9.37 Å². The number of thiazole rings is 1. The normalized spacial score (nSPS) is 16.1. The number of aromatic nitrogens is 1. The lowest BCUT2D eigenvalue weighted by Crippen LogP contribution is -2.13. The average molecular weight is 350 g/mol. The summed E-state index contributed by atoms with van der Waals surface area (Å²) >= 11 is 2.62. The van der Waals surface area contributed by atoms with E-state index in [2.05, 4.69) is 10.1 Å². The molecular formula is C14H17F3N2OS2. The summed E-state index contributed by atoms with van der Waals surface area (Å²) in [6.07, 6.45) is 6.65. The molecule has 8 heteroatoms. The zero-order chi connectivity index (χ0) is 15.8. The first-order valence-electron chi connectivity index (χ1n) is 7.12. The van der Waals surface area contributed by atoms with E-state index in [1.807, 2.05) is 0 Å². The number of allylic oxidation sites excluding steroid dienone is 1. The van der Waals surface area contributed by atoms with Gasteiger partial charge in [0.05, 0.1) is 11.1 Å². The molecule has 0 radical (unpaired) electrons. The Balaban J connectivity index is 1.72. The van der Waals surface area contributed by atoms with Crippen molar-refractivity contribution in [2.45, 2.75) is 49.0 Å². The van der Waals surface area contributed by atoms with Crippen molar-refractivity contribution in [3.8, 4) is 0 Å². The van der Waals surface area contributed by atoms with E-state index in [-0.39, 0.29) is 18.3 Å². The molecule has 0 bridgehead atoms. The fourth-order valence-electron chi connectivity index (χ4n) is 2.06. The molecule has 1 aliphatic rings. The minimum atomic E-state index is -2.24. The maximum absolute atomic E-state index is 12.6. The van der Waals surface area contributed by atoms with Crippen LogP contribution >= 0.6 is 23.1 Å². The largest absolute Gasteiger partial charge is 0.392 e. The van der Waals surface area contributed by atoms with Crippen LogP contribution in [-0.4, -0.2) is 23.1 Å². The van der Waals surface area contributed by atoms with Crippen molar-refractivity contribution in [3.63, 3.8) is 0 Å². The van der Waals surface area contributed by atoms with Gasteiger partial charge in [-0.2, -0.15) is 8.78 Å². The molecule has 22 heavy (non-hydrogen) atoms. The predicted molar refractivity (Wildman–Crippen MR) is 83.4 cm³/mol. The average Bonchev–Trinajstić information content (AvgIpc) is 2.96. The SMILES string of the molecule is FC(F)=C(F)CCSc1ncc(C=NOC2CCCCC2)s1. The van der Waals surface area contributed by atoms with Crippen LogP contribution in [0.2, 0.25) is 0 Å². The van der Waals surface area contributed by atoms with E-state index < -0.39 is 11.9 Å². The highest BCUT2D eigenvalue weighted by atomic mass is 32.2. The molecule has 0 N–H and O–H groups in total. The maximum atomic E-state index is 12.6. The van der Waals surface area contributed by atoms with Crippen LogP contribution in [-0.2, 0) is 4.84 Å². The van der Waals surface area contributed by atoms with Crippen LogP contribution in [0.1, 0.15) is 43.4 Å². The molecule has 1 aliphatic carbocycles. The van der Waals surface area contributed by atoms with Crippen molar-refractivity contribution in [2.24, 2.45) is 5.16 Å². The lowest BCUT2D eigenvalue weighted by atomic mass is 9.98. The molecule has 1 aromatic rings. The number of rotatable bonds is 7. The fourth-order valence-corrected chi connectivity index (χ4v) is 3.92. The van der Waals surface area contributed by atoms with Gasteiger partial charge in [-0.15, -0.1) is 11.3 Å². The number of hydrogen-bond donors (Lipinski definition) is 0. The molecule has 1 aromatic heterocycles. The standard InChI is InChI=1S/C14H17F3N2OS2/c15-12(13(16)17)6-7-21-14-18-8-11(22-14)9-19-20-10-4-2-1-3-5-10/h8-10H,1-7H2. The highest BCUT2D eigenvalue weighted by Gasteiger charge is 2.13. The van der Waals surface area contributed by atoms with Crippen molar-refractivity contribution in [1.82, 2.24) is 4.98 Å². The molecule has 0 saturated heterocycles. The van der Waals surface area contributed by atoms with Crippen LogP contribution in [0.3, 0.4) is 0 Å². The molecule has 0 spiro atoms. The molecule has 3 nitrogen and oxygen atoms in total. The van der Waals surface area contributed by atoms with Crippen LogP contribution in [0.15, 0.2) is 27.6 Å². The monoisotopic (exact) mass is 350 g/mol. The van der Waals surface area contributed by atoms with E-state index in [4.69, 9.17) is 4.84 Å². The number of oxime groups is 1. The summed E-state index contributed by atoms with van der Waals surface area (Å²) in [4.78, 5) is 10.4. The molecule has 0 aliphatic heterocycles. The molecule has 122 valence electrons. The topological polar surface area (TPSA) is 34.5 Å². The van der Waals surface area contributed by atoms with Gasteiger partial charge in [0.2, 0.25) is 0 Å². The lowest BCUT2D eigenvalue weighted by Gasteiger charge is -2.18. The lowest BCUT2D eigenvalue weighted by molar-refractivity contribution is 0.0340. The van der Waals surface area contributed by atoms with Gasteiger partial charge in [0.15, 0.2) is 5.83 Å². The van der Waals surface area contributed by atoms with Gasteiger partial charge < -0.3 is 4.84 Å². The third kappa shape index (κ3) is 6.00. The van der Waals surface area contributed by atoms with Gasteiger partial charge in [-0.1, -0.05) is 23.3 Å². The zero-order valence-corrected chi connectivity index (χ0v) is 13.6. The Morgan fingerprint density at radius 1 is 1.36 bits per heavy atom. The third-order valence-electron chi connectivity index (χ3n) is 3.20. The highest BCUT2D eigenvalue weighted by Crippen LogP contribution is 2.26. The predicted octanol–water partition coefficient (Wildman–Crippen LogP) is 5.39. The second-order valence-corrected chi connectivity index (χ2v) is 7.30. The van der Waals surface area contributed by atoms with Crippen molar-refractivity contribution < 1.29 is 18.0 Å². The van der Waals surface area contributed by atoms with Crippen LogP contribution < -0.4 is 0 Å². The first-order chi connectivity index (χ1) is 10.6. The number of nitrogens with zero attached hydrogens (tertiary/aromatic N) is 2. The molecular weight excluding hydrogens is 333 g/mol. The van der Waals surface area contributed by atoms with E-state index in [1.54, 1.807) is 12.4 Å². The summed E-state index contributed by atoms with van der Waals surface area (Å²) in [7, 11) is 0. The van der Waals surface area contributed by atoms with E-state index in [0.29, 0.717) is 4.34 Å². The van der Waals surface area contributed by atoms with Crippen molar-refractivity contribution in [2.75, 3.05) is 5.75 Å². The number of halogens is 3. The summed E-state index contributed by atoms with van der Waals surface area (Å²) in [5.41, 5.74) is 0. The minimum Gasteiger partial charge on any atom is -0.392 e. The van der Waals surface area contributed by atoms with E-state index in [0.717, 1.165) is 17.7 Å². The number of hydrogen-bond acceptors (Lipinski definition) is 5. The van der Waals surface area contributed by atoms with Crippen LogP contribution in [0.4, 0.5) is 13.2 Å². The smallest absolute Gasteiger partial charge is 0.301 e. The molecule has 0 aromatic carbocycles. The Morgan fingerprint density at radius 2 is 2.14 bits per heavy atom. The quantitative estimate of drug-likeness (QED) is 0.376. The Kier molecular flexibility index (Phi) is 7.24. The Labute approximate surface area is 135 Å². The third-order valence-corrected chi connectivity index (χ3v) is 5.29. The zero-order valence-electron chi connectivity index (χ0n) is 11.9. The Morgan fingerprint density at radius 3 is 2.86 bits per heavy atom. The number of thioether (sulfide) groups is 1. The Hall–Kier alpha value is -1.02. The summed E-state index contributed by atoms with van der Waals surface area (Å²) in [5, 5.41) is 3.98. The molecule has 1 saturated carbocycles. The fraction of sp³-hybridized carbons (Fsp3) is 0.571. The van der Waals surface area contributed by atoms with Crippen molar-refractivity contribution >= 4 is 29.3 Å². The molecule has 0 amide bonds. The van der Waals surface area contributed by atoms with Gasteiger partial charge >= 0.3 is 6.08 Å². The molecule has 2 rings (SSSR count). The summed E-state index contributed by atoms with van der Waals surface area (Å²) in [6.45, 7) is 0. The first-order valence-corrected chi connectivity index (χ1v) is 8.93. The summed E-state index contributed by atoms with van der Waals surface area (Å²) in [6, 6.07) is 0. The molecule has 1 fully saturated rings. The van der Waals surface area contributed by atoms with Crippen LogP contribution in [0.25, 0.3) is 0 Å². The van der Waals surface area contributed by atoms with Gasteiger partial charge in [0.1, 0.15) is 10.4 Å². The molecule has 0 unspecified atom stereocenters.